The lowest BCUT2D eigenvalue weighted by molar-refractivity contribution is 0.0938. The zero-order valence-electron chi connectivity index (χ0n) is 15.4. The number of nitrogens with zero attached hydrogens (tertiary/aromatic N) is 3. The molecule has 1 heterocycles. The molecule has 0 aliphatic heterocycles. The molecule has 0 spiro atoms. The number of fused-ring (bicyclic) bond motifs is 1. The minimum absolute atomic E-state index is 0.164. The van der Waals surface area contributed by atoms with Crippen LogP contribution in [0, 0.1) is 0 Å². The largest absolute Gasteiger partial charge is 0.360 e. The number of rotatable bonds is 5. The van der Waals surface area contributed by atoms with Crippen LogP contribution in [-0.2, 0) is 0 Å². The molecule has 0 fully saturated rings. The van der Waals surface area contributed by atoms with Crippen molar-refractivity contribution in [2.24, 2.45) is 0 Å². The van der Waals surface area contributed by atoms with E-state index >= 15 is 0 Å². The summed E-state index contributed by atoms with van der Waals surface area (Å²) in [5, 5.41) is 8.49. The highest BCUT2D eigenvalue weighted by Gasteiger charge is 2.17. The van der Waals surface area contributed by atoms with Crippen LogP contribution in [0.3, 0.4) is 0 Å². The summed E-state index contributed by atoms with van der Waals surface area (Å²) in [5.41, 5.74) is 5.13. The van der Waals surface area contributed by atoms with E-state index in [9.17, 15) is 9.59 Å². The van der Waals surface area contributed by atoms with Crippen LogP contribution >= 0.6 is 12.2 Å². The summed E-state index contributed by atoms with van der Waals surface area (Å²) >= 11 is 5.13. The van der Waals surface area contributed by atoms with Crippen molar-refractivity contribution in [3.8, 4) is 0 Å². The molecule has 0 saturated carbocycles. The second kappa shape index (κ2) is 8.72. The first kappa shape index (κ1) is 19.8. The Kier molecular flexibility index (Phi) is 6.64. The lowest BCUT2D eigenvalue weighted by Crippen LogP contribution is -2.48. The van der Waals surface area contributed by atoms with Crippen molar-refractivity contribution in [2.75, 3.05) is 27.2 Å². The van der Waals surface area contributed by atoms with E-state index in [1.807, 2.05) is 32.8 Å². The van der Waals surface area contributed by atoms with E-state index in [-0.39, 0.29) is 17.3 Å². The molecule has 2 aromatic rings. The van der Waals surface area contributed by atoms with Crippen LogP contribution in [0.15, 0.2) is 29.1 Å². The number of nitrogens with one attached hydrogen (secondary N) is 3. The van der Waals surface area contributed by atoms with Crippen LogP contribution in [-0.4, -0.2) is 52.9 Å². The van der Waals surface area contributed by atoms with Crippen LogP contribution in [0.5, 0.6) is 0 Å². The first-order chi connectivity index (χ1) is 12.3. The molecule has 26 heavy (non-hydrogen) atoms. The van der Waals surface area contributed by atoms with Crippen LogP contribution in [0.1, 0.15) is 30.4 Å². The highest BCUT2D eigenvalue weighted by atomic mass is 32.1. The Hall–Kier alpha value is -2.52. The SMILES string of the molecule is CC(C)n1nc(C(=O)NNC(=S)NCCN(C)C)c2ccccc2c1=O. The Morgan fingerprint density at radius 1 is 1.23 bits per heavy atom. The van der Waals surface area contributed by atoms with Gasteiger partial charge in [0.15, 0.2) is 10.8 Å². The maximum absolute atomic E-state index is 12.6. The van der Waals surface area contributed by atoms with E-state index in [2.05, 4.69) is 21.3 Å². The highest BCUT2D eigenvalue weighted by molar-refractivity contribution is 7.80. The van der Waals surface area contributed by atoms with Crippen molar-refractivity contribution in [2.45, 2.75) is 19.9 Å². The average Bonchev–Trinajstić information content (AvgIpc) is 2.59. The van der Waals surface area contributed by atoms with Gasteiger partial charge in [-0.05, 0) is 46.2 Å². The summed E-state index contributed by atoms with van der Waals surface area (Å²) in [6.45, 7) is 5.13. The third kappa shape index (κ3) is 4.77. The predicted octanol–water partition coefficient (Wildman–Crippen LogP) is 0.648. The smallest absolute Gasteiger partial charge is 0.290 e. The third-order valence-electron chi connectivity index (χ3n) is 3.67. The summed E-state index contributed by atoms with van der Waals surface area (Å²) in [6, 6.07) is 6.76. The van der Waals surface area contributed by atoms with E-state index in [0.29, 0.717) is 22.4 Å². The number of thiocarbonyl (C=S) groups is 1. The van der Waals surface area contributed by atoms with Gasteiger partial charge in [-0.1, -0.05) is 18.2 Å². The molecule has 1 aromatic carbocycles. The molecule has 1 aromatic heterocycles. The van der Waals surface area contributed by atoms with Gasteiger partial charge in [-0.25, -0.2) is 4.68 Å². The Morgan fingerprint density at radius 2 is 1.88 bits per heavy atom. The van der Waals surface area contributed by atoms with Gasteiger partial charge in [0.2, 0.25) is 0 Å². The molecule has 9 heteroatoms. The first-order valence-corrected chi connectivity index (χ1v) is 8.72. The number of benzene rings is 1. The van der Waals surface area contributed by atoms with E-state index in [1.54, 1.807) is 24.3 Å². The van der Waals surface area contributed by atoms with Crippen molar-refractivity contribution in [1.82, 2.24) is 30.8 Å². The molecule has 2 rings (SSSR count). The van der Waals surface area contributed by atoms with Gasteiger partial charge in [-0.2, -0.15) is 5.10 Å². The molecule has 3 N–H and O–H groups in total. The number of carbonyl (C=O) groups excluding carboxylic acids is 1. The second-order valence-corrected chi connectivity index (χ2v) is 6.78. The Bertz CT molecular complexity index is 862. The lowest BCUT2D eigenvalue weighted by Gasteiger charge is -2.15. The van der Waals surface area contributed by atoms with Gasteiger partial charge < -0.3 is 10.2 Å². The van der Waals surface area contributed by atoms with Gasteiger partial charge in [0.05, 0.1) is 11.4 Å². The molecule has 0 aliphatic carbocycles. The monoisotopic (exact) mass is 376 g/mol. The number of hydrogen-bond donors (Lipinski definition) is 3. The van der Waals surface area contributed by atoms with Gasteiger partial charge in [0.1, 0.15) is 0 Å². The van der Waals surface area contributed by atoms with Gasteiger partial charge in [-0.3, -0.25) is 20.4 Å². The molecule has 0 atom stereocenters. The summed E-state index contributed by atoms with van der Waals surface area (Å²) in [6.07, 6.45) is 0. The summed E-state index contributed by atoms with van der Waals surface area (Å²) in [5.74, 6) is -0.465. The number of hydrazine groups is 1. The maximum Gasteiger partial charge on any atom is 0.290 e. The number of amides is 1. The fourth-order valence-corrected chi connectivity index (χ4v) is 2.49. The van der Waals surface area contributed by atoms with Gasteiger partial charge in [-0.15, -0.1) is 0 Å². The van der Waals surface area contributed by atoms with E-state index in [4.69, 9.17) is 12.2 Å². The predicted molar refractivity (Wildman–Crippen MR) is 106 cm³/mol. The fraction of sp³-hybridized carbons (Fsp3) is 0.412. The normalized spacial score (nSPS) is 11.0. The van der Waals surface area contributed by atoms with Crippen molar-refractivity contribution in [1.29, 1.82) is 0 Å². The van der Waals surface area contributed by atoms with Crippen LogP contribution in [0.25, 0.3) is 10.8 Å². The van der Waals surface area contributed by atoms with Gasteiger partial charge >= 0.3 is 0 Å². The Labute approximate surface area is 157 Å². The molecule has 0 unspecified atom stereocenters. The lowest BCUT2D eigenvalue weighted by atomic mass is 10.1. The number of likely N-dealkylation sites (N-methyl/N-ethyl adjacent to an activating group) is 1. The van der Waals surface area contributed by atoms with Gasteiger partial charge in [0, 0.05) is 18.5 Å². The third-order valence-corrected chi connectivity index (χ3v) is 3.91. The molecular formula is C17H24N6O2S. The zero-order valence-corrected chi connectivity index (χ0v) is 16.2. The second-order valence-electron chi connectivity index (χ2n) is 6.38. The van der Waals surface area contributed by atoms with Crippen molar-refractivity contribution < 1.29 is 4.79 Å². The van der Waals surface area contributed by atoms with E-state index in [1.165, 1.54) is 4.68 Å². The summed E-state index contributed by atoms with van der Waals surface area (Å²) < 4.78 is 1.31. The van der Waals surface area contributed by atoms with Crippen LogP contribution in [0.4, 0.5) is 0 Å². The van der Waals surface area contributed by atoms with Crippen molar-refractivity contribution >= 4 is 34.0 Å². The summed E-state index contributed by atoms with van der Waals surface area (Å²) in [4.78, 5) is 27.1. The average molecular weight is 376 g/mol. The molecule has 8 nitrogen and oxygen atoms in total. The Balaban J connectivity index is 2.18. The standard InChI is InChI=1S/C17H24N6O2S/c1-11(2)23-16(25)13-8-6-5-7-12(13)14(21-23)15(24)19-20-17(26)18-9-10-22(3)4/h5-8,11H,9-10H2,1-4H3,(H,19,24)(H2,18,20,26). The molecule has 140 valence electrons. The summed E-state index contributed by atoms with van der Waals surface area (Å²) in [7, 11) is 3.92. The zero-order chi connectivity index (χ0) is 19.3. The maximum atomic E-state index is 12.6. The number of hydrogen-bond acceptors (Lipinski definition) is 5. The minimum atomic E-state index is -0.465. The molecule has 0 bridgehead atoms. The molecule has 1 amide bonds. The van der Waals surface area contributed by atoms with Crippen molar-refractivity contribution in [3.63, 3.8) is 0 Å². The van der Waals surface area contributed by atoms with E-state index in [0.717, 1.165) is 6.54 Å². The number of aromatic nitrogens is 2. The first-order valence-electron chi connectivity index (χ1n) is 8.31. The van der Waals surface area contributed by atoms with E-state index < -0.39 is 5.91 Å². The Morgan fingerprint density at radius 3 is 2.50 bits per heavy atom. The fourth-order valence-electron chi connectivity index (χ4n) is 2.33. The highest BCUT2D eigenvalue weighted by Crippen LogP contribution is 2.14. The molecular weight excluding hydrogens is 352 g/mol. The van der Waals surface area contributed by atoms with Crippen molar-refractivity contribution in [3.05, 3.63) is 40.3 Å². The quantitative estimate of drug-likeness (QED) is 0.521. The topological polar surface area (TPSA) is 91.3 Å². The van der Waals surface area contributed by atoms with Crippen LogP contribution < -0.4 is 21.7 Å². The molecule has 0 radical (unpaired) electrons. The minimum Gasteiger partial charge on any atom is -0.360 e. The van der Waals surface area contributed by atoms with Gasteiger partial charge in [0.25, 0.3) is 11.5 Å². The molecule has 0 aliphatic rings. The molecule has 0 saturated heterocycles. The number of carbonyl (C=O) groups is 1. The van der Waals surface area contributed by atoms with Crippen LogP contribution in [0.2, 0.25) is 0 Å².